The first kappa shape index (κ1) is 59.2. The fourth-order valence-electron chi connectivity index (χ4n) is 5.23. The summed E-state index contributed by atoms with van der Waals surface area (Å²) in [6, 6.07) is 5.03. The van der Waals surface area contributed by atoms with Crippen molar-refractivity contribution in [1.82, 2.24) is 0 Å². The van der Waals surface area contributed by atoms with Crippen LogP contribution in [0.4, 0.5) is 0 Å². The van der Waals surface area contributed by atoms with Gasteiger partial charge in [0.05, 0.1) is 22.3 Å². The summed E-state index contributed by atoms with van der Waals surface area (Å²) in [6.07, 6.45) is 7.66. The van der Waals surface area contributed by atoms with Gasteiger partial charge in [-0.1, -0.05) is 65.0 Å². The third-order valence-electron chi connectivity index (χ3n) is 7.86. The molecule has 2 aromatic carbocycles. The van der Waals surface area contributed by atoms with Gasteiger partial charge in [0.1, 0.15) is 26.1 Å². The van der Waals surface area contributed by atoms with Crippen molar-refractivity contribution in [2.75, 3.05) is 6.26 Å². The van der Waals surface area contributed by atoms with Crippen LogP contribution in [0.25, 0.3) is 11.1 Å². The van der Waals surface area contributed by atoms with E-state index in [1.54, 1.807) is 41.5 Å². The Bertz CT molecular complexity index is 2890. The molecular weight excluding hydrogens is 999 g/mol. The normalized spacial score (nSPS) is 15.0. The average Bonchev–Trinajstić information content (AvgIpc) is 3.37. The van der Waals surface area contributed by atoms with Crippen LogP contribution in [0.15, 0.2) is 128 Å². The summed E-state index contributed by atoms with van der Waals surface area (Å²) >= 11 is 0. The Hall–Kier alpha value is -4.82. The number of hydrogen-bond donors (Lipinski definition) is 5. The average molecular weight is 1050 g/mol. The maximum Gasteiger partial charge on any atom is 0.298 e. The van der Waals surface area contributed by atoms with Crippen LogP contribution in [-0.2, 0) is 60.7 Å². The fourth-order valence-corrected chi connectivity index (χ4v) is 8.85. The Kier molecular flexibility index (Phi) is 20.0. The van der Waals surface area contributed by atoms with Gasteiger partial charge >= 0.3 is 0 Å². The number of ether oxygens (including phenoxy) is 2. The molecule has 5 N–H and O–H groups in total. The third-order valence-corrected chi connectivity index (χ3v) is 13.0. The molecule has 0 heterocycles. The maximum atomic E-state index is 12.7. The number of allylic oxidation sites excluding steroid dienone is 9. The predicted molar refractivity (Wildman–Crippen MR) is 247 cm³/mol. The van der Waals surface area contributed by atoms with Gasteiger partial charge in [-0.2, -0.15) is 42.1 Å². The highest BCUT2D eigenvalue weighted by molar-refractivity contribution is 8.30. The van der Waals surface area contributed by atoms with E-state index in [1.807, 2.05) is 13.8 Å². The summed E-state index contributed by atoms with van der Waals surface area (Å²) in [5, 5.41) is 0. The molecule has 0 fully saturated rings. The molecule has 0 amide bonds. The Labute approximate surface area is 384 Å². The maximum absolute atomic E-state index is 12.7. The van der Waals surface area contributed by atoms with E-state index in [2.05, 4.69) is 13.7 Å². The molecule has 1 aliphatic carbocycles. The van der Waals surface area contributed by atoms with E-state index in [1.165, 1.54) is 24.3 Å². The first-order valence-electron chi connectivity index (χ1n) is 18.3. The zero-order chi connectivity index (χ0) is 51.7. The molecule has 0 aromatic heterocycles. The van der Waals surface area contributed by atoms with Crippen molar-refractivity contribution >= 4 is 61.2 Å². The van der Waals surface area contributed by atoms with E-state index in [9.17, 15) is 75.0 Å². The molecule has 1 aliphatic rings. The van der Waals surface area contributed by atoms with E-state index < -0.39 is 97.5 Å². The summed E-state index contributed by atoms with van der Waals surface area (Å²) in [4.78, 5) is 31.3. The van der Waals surface area contributed by atoms with Gasteiger partial charge in [0.15, 0.2) is 16.3 Å². The van der Waals surface area contributed by atoms with E-state index >= 15 is 0 Å². The van der Waals surface area contributed by atoms with Gasteiger partial charge in [-0.25, -0.2) is 0 Å². The smallest absolute Gasteiger partial charge is 0.298 e. The van der Waals surface area contributed by atoms with Gasteiger partial charge in [-0.3, -0.25) is 22.8 Å². The minimum Gasteiger partial charge on any atom is -0.487 e. The van der Waals surface area contributed by atoms with Crippen molar-refractivity contribution < 1.29 is 74.3 Å². The zero-order valence-corrected chi connectivity index (χ0v) is 41.7. The Balaban J connectivity index is 0.00000290. The molecular formula is C37H49N3O20S6. The van der Waals surface area contributed by atoms with E-state index in [4.69, 9.17) is 14.0 Å². The molecule has 66 heavy (non-hydrogen) atoms. The van der Waals surface area contributed by atoms with Crippen LogP contribution in [0.3, 0.4) is 0 Å². The number of rotatable bonds is 15. The van der Waals surface area contributed by atoms with Gasteiger partial charge in [0.25, 0.3) is 50.6 Å². The second-order valence-electron chi connectivity index (χ2n) is 15.2. The molecule has 368 valence electrons. The van der Waals surface area contributed by atoms with Crippen molar-refractivity contribution in [1.29, 1.82) is 0 Å². The molecule has 0 saturated heterocycles. The number of hydrogen-bond acceptors (Lipinski definition) is 18. The lowest BCUT2D eigenvalue weighted by Gasteiger charge is -2.27. The summed E-state index contributed by atoms with van der Waals surface area (Å²) < 4.78 is 184. The second-order valence-corrected chi connectivity index (χ2v) is 24.3. The van der Waals surface area contributed by atoms with E-state index in [0.29, 0.717) is 24.7 Å². The van der Waals surface area contributed by atoms with Crippen LogP contribution in [0, 0.1) is 14.7 Å². The molecule has 0 spiro atoms. The van der Waals surface area contributed by atoms with Crippen LogP contribution >= 0.6 is 10.6 Å². The Morgan fingerprint density at radius 2 is 1.17 bits per heavy atom. The molecule has 0 radical (unpaired) electrons. The van der Waals surface area contributed by atoms with E-state index in [0.717, 1.165) is 37.3 Å². The number of nitrogens with zero attached hydrogens (tertiary/aromatic N) is 3. The van der Waals surface area contributed by atoms with Crippen molar-refractivity contribution in [3.05, 3.63) is 120 Å². The third kappa shape index (κ3) is 17.4. The van der Waals surface area contributed by atoms with Crippen LogP contribution in [0.1, 0.15) is 74.3 Å². The molecule has 0 bridgehead atoms. The van der Waals surface area contributed by atoms with Crippen LogP contribution in [0.2, 0.25) is 0 Å². The largest absolute Gasteiger partial charge is 0.487 e. The molecule has 3 rings (SSSR count). The molecule has 0 atom stereocenters. The lowest BCUT2D eigenvalue weighted by molar-refractivity contribution is 0.0588. The monoisotopic (exact) mass is 1050 g/mol. The zero-order valence-electron chi connectivity index (χ0n) is 36.8. The van der Waals surface area contributed by atoms with Crippen LogP contribution < -0.4 is 4.74 Å². The molecule has 29 heteroatoms. The molecule has 0 aliphatic heterocycles. The summed E-state index contributed by atoms with van der Waals surface area (Å²) in [5.41, 5.74) is -2.08. The minimum atomic E-state index is -5.43. The molecule has 0 unspecified atom stereocenters. The highest BCUT2D eigenvalue weighted by Gasteiger charge is 2.38. The van der Waals surface area contributed by atoms with Crippen molar-refractivity contribution in [2.24, 2.45) is 13.7 Å². The van der Waals surface area contributed by atoms with Gasteiger partial charge in [-0.15, -0.1) is 14.7 Å². The van der Waals surface area contributed by atoms with Gasteiger partial charge in [-0.05, 0) is 104 Å². The Morgan fingerprint density at radius 1 is 0.697 bits per heavy atom. The standard InChI is InChI=1S/C34H39N3O17S5.C2H6.CH4O3S/c1-21(56(41,42)43)17-23(22-11-14-27(54-34(5,6)7)28(15-12-22)57(44,45)46)9-8-16-53-32-30(58(47,48)49)19-25(20-31(32)59(50,51)52)24-10-13-26(33(2,3)4)29(18-24)55(35-38,36-39)37-40;1-2;1-5(2,3)4/h8-11,13-20H,12H2,1-7H3,(H,41,42,43)(H,44,45,46)(H,47,48,49)(H,50,51,52);1-2H3;1H3,(H,2,3,4)/b16-8+,21-17+,23-9+;;. The van der Waals surface area contributed by atoms with Crippen molar-refractivity contribution in [3.8, 4) is 16.9 Å². The summed E-state index contributed by atoms with van der Waals surface area (Å²) in [7, 11) is -28.3. The quantitative estimate of drug-likeness (QED) is 0.0484. The van der Waals surface area contributed by atoms with Gasteiger partial charge < -0.3 is 9.47 Å². The fraction of sp³-hybridized carbons (Fsp3) is 0.351. The van der Waals surface area contributed by atoms with Gasteiger partial charge in [0, 0.05) is 13.7 Å². The van der Waals surface area contributed by atoms with Gasteiger partial charge in [0.2, 0.25) is 0 Å². The van der Waals surface area contributed by atoms with Crippen LogP contribution in [0.5, 0.6) is 5.75 Å². The summed E-state index contributed by atoms with van der Waals surface area (Å²) in [5.74, 6) is -1.42. The van der Waals surface area contributed by atoms with E-state index in [-0.39, 0.29) is 44.9 Å². The molecule has 2 aromatic rings. The first-order valence-corrected chi connectivity index (χ1v) is 27.5. The second kappa shape index (κ2) is 22.3. The first-order chi connectivity index (χ1) is 29.8. The Morgan fingerprint density at radius 3 is 1.56 bits per heavy atom. The highest BCUT2D eigenvalue weighted by Crippen LogP contribution is 2.62. The van der Waals surface area contributed by atoms with Crippen molar-refractivity contribution in [3.63, 3.8) is 0 Å². The predicted octanol–water partition coefficient (Wildman–Crippen LogP) is 8.29. The number of nitroso groups, excluding NO2 is 3. The van der Waals surface area contributed by atoms with Crippen LogP contribution in [-0.4, -0.2) is 76.7 Å². The highest BCUT2D eigenvalue weighted by atomic mass is 32.3. The lowest BCUT2D eigenvalue weighted by Crippen LogP contribution is -2.21. The minimum absolute atomic E-state index is 0.0633. The summed E-state index contributed by atoms with van der Waals surface area (Å²) in [6.45, 7) is 14.8. The molecule has 0 saturated carbocycles. The van der Waals surface area contributed by atoms with Crippen molar-refractivity contribution in [2.45, 2.75) is 94.4 Å². The SMILES string of the molecule is CC.CS(=O)(=O)O.C\C(=C/C(=C\C=C\Oc1c(S(=O)(=O)O)cc(-c2ccc(C(C)(C)C)c(S(N=O)(N=O)N=O)c2)cc1S(=O)(=O)O)C1=CC=C(OC(C)(C)C)C(S(=O)(=O)O)=CC1)S(=O)(=O)O. The number of benzene rings is 2. The topological polar surface area (TPSA) is 379 Å². The molecule has 23 nitrogen and oxygen atoms in total. The lowest BCUT2D eigenvalue weighted by atomic mass is 9.86.